The number of nitrogens with two attached hydrogens (primary N) is 1. The lowest BCUT2D eigenvalue weighted by Crippen LogP contribution is -2.37. The van der Waals surface area contributed by atoms with Crippen LogP contribution in [0.5, 0.6) is 11.5 Å². The van der Waals surface area contributed by atoms with Gasteiger partial charge in [-0.25, -0.2) is 4.68 Å². The first-order valence-corrected chi connectivity index (χ1v) is 11.3. The lowest BCUT2D eigenvalue weighted by atomic mass is 10.0. The van der Waals surface area contributed by atoms with Gasteiger partial charge in [-0.15, -0.1) is 8.78 Å². The molecular weight excluding hydrogens is 486 g/mol. The van der Waals surface area contributed by atoms with Crippen molar-refractivity contribution in [3.05, 3.63) is 82.6 Å². The summed E-state index contributed by atoms with van der Waals surface area (Å²) in [4.78, 5) is 39.3. The molecule has 2 heterocycles. The van der Waals surface area contributed by atoms with E-state index in [1.54, 1.807) is 55.5 Å². The highest BCUT2D eigenvalue weighted by Gasteiger charge is 2.43. The van der Waals surface area contributed by atoms with Gasteiger partial charge in [0.1, 0.15) is 6.54 Å². The molecule has 2 amide bonds. The first-order chi connectivity index (χ1) is 17.7. The van der Waals surface area contributed by atoms with Crippen LogP contribution in [0.1, 0.15) is 17.3 Å². The summed E-state index contributed by atoms with van der Waals surface area (Å²) >= 11 is 0. The van der Waals surface area contributed by atoms with Gasteiger partial charge in [-0.2, -0.15) is 5.10 Å². The molecule has 0 spiro atoms. The molecule has 37 heavy (non-hydrogen) atoms. The lowest BCUT2D eigenvalue weighted by Gasteiger charge is -2.22. The Bertz CT molecular complexity index is 1600. The molecule has 0 saturated heterocycles. The largest absolute Gasteiger partial charge is 0.586 e. The van der Waals surface area contributed by atoms with Crippen molar-refractivity contribution in [3.63, 3.8) is 0 Å². The molecule has 1 aliphatic rings. The lowest BCUT2D eigenvalue weighted by molar-refractivity contribution is -0.286. The molecule has 1 aromatic heterocycles. The zero-order valence-corrected chi connectivity index (χ0v) is 19.5. The van der Waals surface area contributed by atoms with E-state index in [4.69, 9.17) is 5.73 Å². The van der Waals surface area contributed by atoms with E-state index in [1.165, 1.54) is 23.1 Å². The fourth-order valence-electron chi connectivity index (χ4n) is 4.17. The summed E-state index contributed by atoms with van der Waals surface area (Å²) in [5, 5.41) is 5.40. The molecule has 4 aromatic rings. The van der Waals surface area contributed by atoms with Gasteiger partial charge in [0.15, 0.2) is 11.5 Å². The second-order valence-corrected chi connectivity index (χ2v) is 8.24. The number of rotatable bonds is 6. The van der Waals surface area contributed by atoms with Crippen LogP contribution in [0, 0.1) is 0 Å². The molecule has 2 N–H and O–H groups in total. The predicted octanol–water partition coefficient (Wildman–Crippen LogP) is 3.54. The molecule has 0 unspecified atom stereocenters. The van der Waals surface area contributed by atoms with Crippen molar-refractivity contribution < 1.29 is 27.8 Å². The summed E-state index contributed by atoms with van der Waals surface area (Å²) in [6.45, 7) is 1.49. The van der Waals surface area contributed by atoms with Crippen molar-refractivity contribution in [2.24, 2.45) is 5.73 Å². The van der Waals surface area contributed by atoms with Crippen molar-refractivity contribution in [2.45, 2.75) is 19.8 Å². The molecule has 0 saturated carbocycles. The summed E-state index contributed by atoms with van der Waals surface area (Å²) in [6, 6.07) is 17.3. The van der Waals surface area contributed by atoms with E-state index in [9.17, 15) is 23.2 Å². The first-order valence-electron chi connectivity index (χ1n) is 11.3. The Balaban J connectivity index is 1.51. The Morgan fingerprint density at radius 3 is 2.35 bits per heavy atom. The molecule has 5 rings (SSSR count). The second-order valence-electron chi connectivity index (χ2n) is 8.24. The van der Waals surface area contributed by atoms with Gasteiger partial charge in [-0.1, -0.05) is 30.3 Å². The van der Waals surface area contributed by atoms with Crippen LogP contribution in [-0.2, 0) is 11.3 Å². The van der Waals surface area contributed by atoms with Gasteiger partial charge < -0.3 is 20.1 Å². The minimum Gasteiger partial charge on any atom is -0.395 e. The van der Waals surface area contributed by atoms with Crippen molar-refractivity contribution >= 4 is 28.3 Å². The third kappa shape index (κ3) is 4.46. The maximum Gasteiger partial charge on any atom is 0.586 e. The summed E-state index contributed by atoms with van der Waals surface area (Å²) in [5.74, 6) is -1.41. The Morgan fingerprint density at radius 2 is 1.68 bits per heavy atom. The first kappa shape index (κ1) is 23.9. The van der Waals surface area contributed by atoms with Gasteiger partial charge in [0.05, 0.1) is 11.1 Å². The Kier molecular flexibility index (Phi) is 5.82. The van der Waals surface area contributed by atoms with Gasteiger partial charge in [0, 0.05) is 34.8 Å². The SMILES string of the molecule is CCN(C(=O)Cn1nc(-c2ccc(C(N)=O)cc2)c2ccccc2c1=O)c1ccc2c(c1)OC(F)(F)O2. The van der Waals surface area contributed by atoms with Crippen LogP contribution in [0.2, 0.25) is 0 Å². The average molecular weight is 506 g/mol. The summed E-state index contributed by atoms with van der Waals surface area (Å²) in [7, 11) is 0. The Labute approximate surface area is 208 Å². The monoisotopic (exact) mass is 506 g/mol. The van der Waals surface area contributed by atoms with Crippen LogP contribution in [0.25, 0.3) is 22.0 Å². The number of carbonyl (C=O) groups excluding carboxylic acids is 2. The molecule has 9 nitrogen and oxygen atoms in total. The molecule has 0 radical (unpaired) electrons. The van der Waals surface area contributed by atoms with Crippen LogP contribution < -0.4 is 25.7 Å². The van der Waals surface area contributed by atoms with Gasteiger partial charge in [-0.05, 0) is 37.3 Å². The number of hydrogen-bond donors (Lipinski definition) is 1. The molecule has 188 valence electrons. The molecule has 1 aliphatic heterocycles. The third-order valence-corrected chi connectivity index (χ3v) is 5.91. The van der Waals surface area contributed by atoms with Gasteiger partial charge >= 0.3 is 6.29 Å². The molecule has 0 fully saturated rings. The number of benzene rings is 3. The average Bonchev–Trinajstić information content (AvgIpc) is 3.19. The van der Waals surface area contributed by atoms with E-state index in [1.807, 2.05) is 0 Å². The van der Waals surface area contributed by atoms with Crippen molar-refractivity contribution in [1.29, 1.82) is 0 Å². The minimum atomic E-state index is -3.78. The number of alkyl halides is 2. The Morgan fingerprint density at radius 1 is 1.00 bits per heavy atom. The molecule has 0 bridgehead atoms. The topological polar surface area (TPSA) is 117 Å². The van der Waals surface area contributed by atoms with E-state index >= 15 is 0 Å². The maximum atomic E-state index is 13.4. The molecule has 0 aliphatic carbocycles. The van der Waals surface area contributed by atoms with Crippen LogP contribution in [-0.4, -0.2) is 34.4 Å². The number of anilines is 1. The van der Waals surface area contributed by atoms with Gasteiger partial charge in [0.2, 0.25) is 11.8 Å². The smallest absolute Gasteiger partial charge is 0.395 e. The molecule has 11 heteroatoms. The van der Waals surface area contributed by atoms with Crippen LogP contribution in [0.3, 0.4) is 0 Å². The van der Waals surface area contributed by atoms with Crippen LogP contribution in [0.4, 0.5) is 14.5 Å². The quantitative estimate of drug-likeness (QED) is 0.428. The zero-order valence-electron chi connectivity index (χ0n) is 19.5. The fraction of sp³-hybridized carbons (Fsp3) is 0.154. The molecule has 0 atom stereocenters. The highest BCUT2D eigenvalue weighted by molar-refractivity contribution is 5.97. The van der Waals surface area contributed by atoms with Gasteiger partial charge in [0.25, 0.3) is 5.56 Å². The summed E-state index contributed by atoms with van der Waals surface area (Å²) < 4.78 is 36.8. The van der Waals surface area contributed by atoms with Crippen LogP contribution >= 0.6 is 0 Å². The van der Waals surface area contributed by atoms with E-state index in [-0.39, 0.29) is 18.0 Å². The number of hydrogen-bond acceptors (Lipinski definition) is 6. The fourth-order valence-corrected chi connectivity index (χ4v) is 4.17. The third-order valence-electron chi connectivity index (χ3n) is 5.91. The summed E-state index contributed by atoms with van der Waals surface area (Å²) in [5.41, 5.74) is 6.53. The highest BCUT2D eigenvalue weighted by Crippen LogP contribution is 2.42. The number of primary amides is 1. The number of ether oxygens (including phenoxy) is 2. The summed E-state index contributed by atoms with van der Waals surface area (Å²) in [6.07, 6.45) is -3.78. The van der Waals surface area contributed by atoms with Crippen LogP contribution in [0.15, 0.2) is 71.5 Å². The van der Waals surface area contributed by atoms with Crippen molar-refractivity contribution in [3.8, 4) is 22.8 Å². The Hall–Kier alpha value is -4.80. The number of carbonyl (C=O) groups is 2. The highest BCUT2D eigenvalue weighted by atomic mass is 19.3. The zero-order chi connectivity index (χ0) is 26.3. The second kappa shape index (κ2) is 9.01. The number of fused-ring (bicyclic) bond motifs is 2. The predicted molar refractivity (Wildman–Crippen MR) is 131 cm³/mol. The number of nitrogens with zero attached hydrogens (tertiary/aromatic N) is 3. The number of likely N-dealkylation sites (N-methyl/N-ethyl adjacent to an activating group) is 1. The van der Waals surface area contributed by atoms with E-state index in [0.29, 0.717) is 33.3 Å². The van der Waals surface area contributed by atoms with Crippen molar-refractivity contribution in [2.75, 3.05) is 11.4 Å². The normalized spacial score (nSPS) is 13.5. The van der Waals surface area contributed by atoms with E-state index < -0.39 is 30.2 Å². The van der Waals surface area contributed by atoms with Crippen molar-refractivity contribution in [1.82, 2.24) is 9.78 Å². The molecular formula is C26H20F2N4O5. The molecule has 3 aromatic carbocycles. The maximum absolute atomic E-state index is 13.4. The van der Waals surface area contributed by atoms with E-state index in [2.05, 4.69) is 14.6 Å². The number of halogens is 2. The van der Waals surface area contributed by atoms with E-state index in [0.717, 1.165) is 4.68 Å². The van der Waals surface area contributed by atoms with Gasteiger partial charge in [-0.3, -0.25) is 14.4 Å². The standard InChI is InChI=1S/C26H20F2N4O5/c1-2-31(17-11-12-20-21(13-17)37-26(27,28)36-20)22(33)14-32-25(35)19-6-4-3-5-18(19)23(30-32)15-7-9-16(10-8-15)24(29)34/h3-13H,2,14H2,1H3,(H2,29,34). The number of aromatic nitrogens is 2. The number of amides is 2. The minimum absolute atomic E-state index is 0.142.